The number of benzene rings is 3. The molecule has 0 saturated carbocycles. The van der Waals surface area contributed by atoms with Crippen LogP contribution in [0.2, 0.25) is 0 Å². The Bertz CT molecular complexity index is 1310. The molecule has 7 nitrogen and oxygen atoms in total. The van der Waals surface area contributed by atoms with Crippen LogP contribution in [0, 0.1) is 5.92 Å². The van der Waals surface area contributed by atoms with Gasteiger partial charge in [-0.15, -0.1) is 0 Å². The molecule has 2 N–H and O–H groups in total. The molecule has 0 bridgehead atoms. The molecule has 1 amide bonds. The molecule has 5 rings (SSSR count). The van der Waals surface area contributed by atoms with Crippen molar-refractivity contribution in [2.24, 2.45) is 16.6 Å². The van der Waals surface area contributed by atoms with E-state index in [2.05, 4.69) is 0 Å². The van der Waals surface area contributed by atoms with Gasteiger partial charge in [0, 0.05) is 19.6 Å². The summed E-state index contributed by atoms with van der Waals surface area (Å²) in [7, 11) is -3.47. The highest BCUT2D eigenvalue weighted by Gasteiger charge is 2.51. The summed E-state index contributed by atoms with van der Waals surface area (Å²) >= 11 is 0. The summed E-state index contributed by atoms with van der Waals surface area (Å²) in [4.78, 5) is 20.3. The number of piperidine rings is 1. The van der Waals surface area contributed by atoms with Crippen LogP contribution >= 0.6 is 0 Å². The zero-order chi connectivity index (χ0) is 25.2. The molecule has 36 heavy (non-hydrogen) atoms. The minimum atomic E-state index is -3.47. The van der Waals surface area contributed by atoms with Crippen molar-refractivity contribution in [3.8, 4) is 0 Å². The number of sulfonamides is 1. The van der Waals surface area contributed by atoms with Crippen LogP contribution in [0.5, 0.6) is 0 Å². The summed E-state index contributed by atoms with van der Waals surface area (Å²) in [6.45, 7) is 1.17. The lowest BCUT2D eigenvalue weighted by molar-refractivity contribution is -0.130. The fourth-order valence-corrected chi connectivity index (χ4v) is 6.86. The lowest BCUT2D eigenvalue weighted by atomic mass is 9.82. The van der Waals surface area contributed by atoms with E-state index in [0.29, 0.717) is 19.6 Å². The van der Waals surface area contributed by atoms with Gasteiger partial charge in [-0.2, -0.15) is 0 Å². The standard InChI is InChI=1S/C28H30N4O3S/c29-27-30-28(24-14-6-2-7-15-24,25-16-8-3-9-17-25)26(33)32(27)20-23-13-10-18-31(19-23)36(34,35)21-22-11-4-1-5-12-22/h1-9,11-12,14-17,23H,10,13,18-21H2,(H2,29,30). The largest absolute Gasteiger partial charge is 0.369 e. The van der Waals surface area contributed by atoms with Crippen molar-refractivity contribution < 1.29 is 13.2 Å². The van der Waals surface area contributed by atoms with E-state index in [1.807, 2.05) is 91.0 Å². The highest BCUT2D eigenvalue weighted by molar-refractivity contribution is 7.88. The summed E-state index contributed by atoms with van der Waals surface area (Å²) in [6, 6.07) is 28.1. The average Bonchev–Trinajstić information content (AvgIpc) is 3.16. The molecule has 8 heteroatoms. The zero-order valence-electron chi connectivity index (χ0n) is 20.0. The summed E-state index contributed by atoms with van der Waals surface area (Å²) in [5, 5.41) is 0. The molecule has 186 valence electrons. The van der Waals surface area contributed by atoms with Crippen LogP contribution < -0.4 is 5.73 Å². The Labute approximate surface area is 212 Å². The van der Waals surface area contributed by atoms with Crippen molar-refractivity contribution in [1.82, 2.24) is 9.21 Å². The first-order valence-corrected chi connectivity index (χ1v) is 13.8. The van der Waals surface area contributed by atoms with Gasteiger partial charge in [0.2, 0.25) is 10.0 Å². The number of rotatable bonds is 7. The minimum absolute atomic E-state index is 0.0298. The van der Waals surface area contributed by atoms with E-state index in [1.54, 1.807) is 4.31 Å². The second kappa shape index (κ2) is 9.87. The van der Waals surface area contributed by atoms with Crippen LogP contribution in [0.1, 0.15) is 29.5 Å². The zero-order valence-corrected chi connectivity index (χ0v) is 20.8. The Kier molecular flexibility index (Phi) is 6.64. The summed E-state index contributed by atoms with van der Waals surface area (Å²) < 4.78 is 27.8. The Balaban J connectivity index is 1.38. The molecular formula is C28H30N4O3S. The van der Waals surface area contributed by atoms with Gasteiger partial charge < -0.3 is 5.73 Å². The molecule has 0 aliphatic carbocycles. The number of nitrogens with zero attached hydrogens (tertiary/aromatic N) is 3. The predicted octanol–water partition coefficient (Wildman–Crippen LogP) is 3.33. The second-order valence-electron chi connectivity index (χ2n) is 9.44. The number of nitrogens with two attached hydrogens (primary N) is 1. The van der Waals surface area contributed by atoms with Gasteiger partial charge in [-0.05, 0) is 35.4 Å². The van der Waals surface area contributed by atoms with Gasteiger partial charge in [-0.3, -0.25) is 9.69 Å². The van der Waals surface area contributed by atoms with Crippen LogP contribution in [0.4, 0.5) is 0 Å². The third-order valence-electron chi connectivity index (χ3n) is 7.00. The highest BCUT2D eigenvalue weighted by atomic mass is 32.2. The van der Waals surface area contributed by atoms with Crippen molar-refractivity contribution >= 4 is 21.9 Å². The number of guanidine groups is 1. The van der Waals surface area contributed by atoms with E-state index in [-0.39, 0.29) is 23.5 Å². The summed E-state index contributed by atoms with van der Waals surface area (Å²) in [5.74, 6) is -0.110. The van der Waals surface area contributed by atoms with Gasteiger partial charge in [0.1, 0.15) is 0 Å². The number of hydrogen-bond donors (Lipinski definition) is 1. The SMILES string of the molecule is NC1=NC(c2ccccc2)(c2ccccc2)C(=O)N1CC1CCCN(S(=O)(=O)Cc2ccccc2)C1. The topological polar surface area (TPSA) is 96.1 Å². The molecule has 1 saturated heterocycles. The van der Waals surface area contributed by atoms with Crippen LogP contribution in [-0.2, 0) is 26.1 Å². The van der Waals surface area contributed by atoms with Crippen molar-refractivity contribution in [2.75, 3.05) is 19.6 Å². The first kappa shape index (κ1) is 24.2. The van der Waals surface area contributed by atoms with E-state index in [0.717, 1.165) is 29.5 Å². The van der Waals surface area contributed by atoms with Gasteiger partial charge in [0.15, 0.2) is 11.5 Å². The van der Waals surface area contributed by atoms with Gasteiger partial charge in [-0.1, -0.05) is 91.0 Å². The first-order valence-electron chi connectivity index (χ1n) is 12.2. The molecule has 2 aliphatic rings. The number of carbonyl (C=O) groups excluding carboxylic acids is 1. The van der Waals surface area contributed by atoms with E-state index < -0.39 is 15.6 Å². The smallest absolute Gasteiger partial charge is 0.266 e. The number of amides is 1. The normalized spacial score (nSPS) is 20.3. The molecule has 1 unspecified atom stereocenters. The Morgan fingerprint density at radius 2 is 1.44 bits per heavy atom. The van der Waals surface area contributed by atoms with Gasteiger partial charge in [0.05, 0.1) is 5.75 Å². The van der Waals surface area contributed by atoms with E-state index in [4.69, 9.17) is 10.7 Å². The maximum absolute atomic E-state index is 14.0. The molecule has 1 atom stereocenters. The van der Waals surface area contributed by atoms with E-state index >= 15 is 0 Å². The monoisotopic (exact) mass is 502 g/mol. The Hall–Kier alpha value is -3.49. The van der Waals surface area contributed by atoms with Crippen LogP contribution in [0.3, 0.4) is 0 Å². The maximum atomic E-state index is 14.0. The summed E-state index contributed by atoms with van der Waals surface area (Å²) in [6.07, 6.45) is 1.55. The third-order valence-corrected chi connectivity index (χ3v) is 8.82. The maximum Gasteiger partial charge on any atom is 0.266 e. The van der Waals surface area contributed by atoms with Crippen LogP contribution in [-0.4, -0.2) is 49.1 Å². The molecule has 0 radical (unpaired) electrons. The van der Waals surface area contributed by atoms with Crippen LogP contribution in [0.25, 0.3) is 0 Å². The molecular weight excluding hydrogens is 472 g/mol. The molecule has 0 spiro atoms. The lowest BCUT2D eigenvalue weighted by Gasteiger charge is -2.34. The molecule has 3 aromatic carbocycles. The van der Waals surface area contributed by atoms with Gasteiger partial charge >= 0.3 is 0 Å². The minimum Gasteiger partial charge on any atom is -0.369 e. The number of hydrogen-bond acceptors (Lipinski definition) is 5. The predicted molar refractivity (Wildman–Crippen MR) is 140 cm³/mol. The van der Waals surface area contributed by atoms with Crippen LogP contribution in [0.15, 0.2) is 96.0 Å². The van der Waals surface area contributed by atoms with Gasteiger partial charge in [0.25, 0.3) is 5.91 Å². The average molecular weight is 503 g/mol. The van der Waals surface area contributed by atoms with Crippen molar-refractivity contribution in [1.29, 1.82) is 0 Å². The molecule has 2 aliphatic heterocycles. The van der Waals surface area contributed by atoms with E-state index in [1.165, 1.54) is 4.90 Å². The second-order valence-corrected chi connectivity index (χ2v) is 11.4. The Morgan fingerprint density at radius 3 is 2.03 bits per heavy atom. The Morgan fingerprint density at radius 1 is 0.889 bits per heavy atom. The highest BCUT2D eigenvalue weighted by Crippen LogP contribution is 2.40. The van der Waals surface area contributed by atoms with Crippen molar-refractivity contribution in [2.45, 2.75) is 24.1 Å². The van der Waals surface area contributed by atoms with Crippen molar-refractivity contribution in [3.63, 3.8) is 0 Å². The quantitative estimate of drug-likeness (QED) is 0.536. The first-order chi connectivity index (χ1) is 17.4. The third kappa shape index (κ3) is 4.54. The number of aliphatic imine (C=N–C) groups is 1. The fraction of sp³-hybridized carbons (Fsp3) is 0.286. The van der Waals surface area contributed by atoms with Gasteiger partial charge in [-0.25, -0.2) is 17.7 Å². The van der Waals surface area contributed by atoms with E-state index in [9.17, 15) is 13.2 Å². The van der Waals surface area contributed by atoms with Crippen molar-refractivity contribution in [3.05, 3.63) is 108 Å². The molecule has 3 aromatic rings. The molecule has 2 heterocycles. The fourth-order valence-electron chi connectivity index (χ4n) is 5.22. The summed E-state index contributed by atoms with van der Waals surface area (Å²) in [5.41, 5.74) is 7.40. The number of carbonyl (C=O) groups is 1. The molecule has 0 aromatic heterocycles. The lowest BCUT2D eigenvalue weighted by Crippen LogP contribution is -2.49. The molecule has 1 fully saturated rings.